The molecule has 0 fully saturated rings. The number of hydrogen-bond donors (Lipinski definition) is 1. The van der Waals surface area contributed by atoms with E-state index in [1.54, 1.807) is 19.1 Å². The highest BCUT2D eigenvalue weighted by Gasteiger charge is 2.21. The second-order valence-corrected chi connectivity index (χ2v) is 4.39. The van der Waals surface area contributed by atoms with E-state index in [4.69, 9.17) is 11.1 Å². The lowest BCUT2D eigenvalue weighted by Gasteiger charge is -2.10. The minimum atomic E-state index is -3.73. The molecule has 0 amide bonds. The van der Waals surface area contributed by atoms with Crippen molar-refractivity contribution < 1.29 is 14.0 Å². The molecule has 0 aliphatic rings. The second-order valence-electron chi connectivity index (χ2n) is 2.57. The highest BCUT2D eigenvalue weighted by molar-refractivity contribution is 7.61. The van der Waals surface area contributed by atoms with Gasteiger partial charge in [0.2, 0.25) is 0 Å². The molecule has 0 spiro atoms. The molecule has 0 aliphatic heterocycles. The maximum Gasteiger partial charge on any atom is 0.357 e. The van der Waals surface area contributed by atoms with E-state index in [9.17, 15) is 9.46 Å². The van der Waals surface area contributed by atoms with E-state index in [-0.39, 0.29) is 11.9 Å². The topological polar surface area (TPSA) is 50.9 Å². The van der Waals surface area contributed by atoms with E-state index in [0.29, 0.717) is 5.69 Å². The van der Waals surface area contributed by atoms with E-state index in [1.165, 1.54) is 12.1 Å². The quantitative estimate of drug-likeness (QED) is 0.615. The molecule has 0 heterocycles. The summed E-state index contributed by atoms with van der Waals surface area (Å²) >= 11 is 0. The van der Waals surface area contributed by atoms with Gasteiger partial charge in [-0.1, -0.05) is 12.1 Å². The van der Waals surface area contributed by atoms with Gasteiger partial charge < -0.3 is 9.42 Å². The summed E-state index contributed by atoms with van der Waals surface area (Å²) in [6.07, 6.45) is 0. The molecule has 0 aliphatic carbocycles. The van der Waals surface area contributed by atoms with Crippen LogP contribution in [0.3, 0.4) is 0 Å². The van der Waals surface area contributed by atoms with E-state index in [0.717, 1.165) is 0 Å². The zero-order valence-electron chi connectivity index (χ0n) is 7.67. The number of hydrogen-bond acceptors (Lipinski definition) is 2. The average molecular weight is 211 g/mol. The second kappa shape index (κ2) is 4.39. The SMILES string of the molecule is [C-]#[N+]c1cccc(P(=O)(O)OCC)c1. The van der Waals surface area contributed by atoms with Crippen LogP contribution in [-0.4, -0.2) is 11.5 Å². The first-order valence-electron chi connectivity index (χ1n) is 4.05. The summed E-state index contributed by atoms with van der Waals surface area (Å²) in [5, 5.41) is 0.160. The lowest BCUT2D eigenvalue weighted by atomic mass is 10.3. The Morgan fingerprint density at radius 2 is 2.36 bits per heavy atom. The number of nitrogens with zero attached hydrogens (tertiary/aromatic N) is 1. The molecule has 1 N–H and O–H groups in total. The summed E-state index contributed by atoms with van der Waals surface area (Å²) in [7, 11) is -3.73. The molecule has 0 saturated heterocycles. The summed E-state index contributed by atoms with van der Waals surface area (Å²) in [5.74, 6) is 0. The number of benzene rings is 1. The van der Waals surface area contributed by atoms with E-state index in [1.807, 2.05) is 0 Å². The Kier molecular flexibility index (Phi) is 3.43. The molecule has 5 heteroatoms. The molecule has 1 aromatic rings. The van der Waals surface area contributed by atoms with Gasteiger partial charge in [-0.25, -0.2) is 4.85 Å². The minimum Gasteiger partial charge on any atom is -0.321 e. The molecule has 4 nitrogen and oxygen atoms in total. The van der Waals surface area contributed by atoms with Crippen LogP contribution in [0.5, 0.6) is 0 Å². The third kappa shape index (κ3) is 2.43. The third-order valence-electron chi connectivity index (χ3n) is 1.59. The van der Waals surface area contributed by atoms with E-state index >= 15 is 0 Å². The van der Waals surface area contributed by atoms with Gasteiger partial charge in [0, 0.05) is 0 Å². The Morgan fingerprint density at radius 3 is 2.93 bits per heavy atom. The average Bonchev–Trinajstić information content (AvgIpc) is 2.18. The molecule has 0 saturated carbocycles. The normalized spacial score (nSPS) is 14.4. The summed E-state index contributed by atoms with van der Waals surface area (Å²) < 4.78 is 16.2. The molecule has 1 atom stereocenters. The molecule has 1 unspecified atom stereocenters. The van der Waals surface area contributed by atoms with Crippen LogP contribution in [0, 0.1) is 6.57 Å². The van der Waals surface area contributed by atoms with Crippen molar-refractivity contribution in [1.82, 2.24) is 0 Å². The summed E-state index contributed by atoms with van der Waals surface area (Å²) in [4.78, 5) is 12.6. The van der Waals surface area contributed by atoms with Crippen molar-refractivity contribution >= 4 is 18.6 Å². The van der Waals surface area contributed by atoms with Crippen molar-refractivity contribution in [3.63, 3.8) is 0 Å². The maximum atomic E-state index is 11.5. The zero-order valence-corrected chi connectivity index (χ0v) is 8.57. The largest absolute Gasteiger partial charge is 0.357 e. The van der Waals surface area contributed by atoms with Crippen molar-refractivity contribution in [3.05, 3.63) is 35.7 Å². The fourth-order valence-corrected chi connectivity index (χ4v) is 2.06. The molecular formula is C9H10NO3P. The van der Waals surface area contributed by atoms with Crippen LogP contribution >= 0.6 is 7.60 Å². The van der Waals surface area contributed by atoms with Gasteiger partial charge in [0.05, 0.1) is 18.5 Å². The van der Waals surface area contributed by atoms with Crippen molar-refractivity contribution in [1.29, 1.82) is 0 Å². The first-order valence-corrected chi connectivity index (χ1v) is 5.63. The fraction of sp³-hybridized carbons (Fsp3) is 0.222. The molecule has 1 rings (SSSR count). The van der Waals surface area contributed by atoms with Gasteiger partial charge in [-0.05, 0) is 19.1 Å². The lowest BCUT2D eigenvalue weighted by Crippen LogP contribution is -2.06. The monoisotopic (exact) mass is 211 g/mol. The minimum absolute atomic E-state index is 0.160. The highest BCUT2D eigenvalue weighted by Crippen LogP contribution is 2.40. The van der Waals surface area contributed by atoms with Crippen LogP contribution in [0.2, 0.25) is 0 Å². The van der Waals surface area contributed by atoms with Gasteiger partial charge in [0.1, 0.15) is 0 Å². The predicted molar refractivity (Wildman–Crippen MR) is 53.8 cm³/mol. The van der Waals surface area contributed by atoms with Crippen LogP contribution in [0.25, 0.3) is 4.85 Å². The first-order chi connectivity index (χ1) is 6.60. The fourth-order valence-electron chi connectivity index (χ4n) is 0.988. The van der Waals surface area contributed by atoms with Crippen LogP contribution in [0.15, 0.2) is 24.3 Å². The summed E-state index contributed by atoms with van der Waals surface area (Å²) in [5.41, 5.74) is 0.330. The van der Waals surface area contributed by atoms with Crippen LogP contribution in [-0.2, 0) is 9.09 Å². The zero-order chi connectivity index (χ0) is 10.6. The van der Waals surface area contributed by atoms with Crippen LogP contribution in [0.4, 0.5) is 5.69 Å². The van der Waals surface area contributed by atoms with Crippen molar-refractivity contribution in [3.8, 4) is 0 Å². The summed E-state index contributed by atoms with van der Waals surface area (Å²) in [6, 6.07) is 5.97. The molecular weight excluding hydrogens is 201 g/mol. The molecule has 0 bridgehead atoms. The lowest BCUT2D eigenvalue weighted by molar-refractivity contribution is 0.284. The van der Waals surface area contributed by atoms with E-state index < -0.39 is 7.60 Å². The third-order valence-corrected chi connectivity index (χ3v) is 3.13. The molecule has 0 aromatic heterocycles. The van der Waals surface area contributed by atoms with Crippen LogP contribution in [0.1, 0.15) is 6.92 Å². The Labute approximate surface area is 82.5 Å². The van der Waals surface area contributed by atoms with Crippen LogP contribution < -0.4 is 5.30 Å². The predicted octanol–water partition coefficient (Wildman–Crippen LogP) is 2.08. The van der Waals surface area contributed by atoms with Gasteiger partial charge >= 0.3 is 7.60 Å². The molecule has 74 valence electrons. The Morgan fingerprint density at radius 1 is 1.64 bits per heavy atom. The molecule has 14 heavy (non-hydrogen) atoms. The maximum absolute atomic E-state index is 11.5. The summed E-state index contributed by atoms with van der Waals surface area (Å²) in [6.45, 7) is 8.56. The van der Waals surface area contributed by atoms with Gasteiger partial charge in [0.25, 0.3) is 0 Å². The van der Waals surface area contributed by atoms with Crippen molar-refractivity contribution in [2.45, 2.75) is 6.92 Å². The van der Waals surface area contributed by atoms with Crippen molar-refractivity contribution in [2.24, 2.45) is 0 Å². The Balaban J connectivity index is 3.08. The van der Waals surface area contributed by atoms with Crippen molar-refractivity contribution in [2.75, 3.05) is 6.61 Å². The standard InChI is InChI=1S/C9H10NO3P/c1-3-13-14(11,12)9-6-4-5-8(7-9)10-2/h4-7H,3H2,1H3,(H,11,12). The van der Waals surface area contributed by atoms with Gasteiger partial charge in [-0.15, -0.1) is 0 Å². The van der Waals surface area contributed by atoms with Gasteiger partial charge in [0.15, 0.2) is 5.69 Å². The first kappa shape index (κ1) is 10.9. The van der Waals surface area contributed by atoms with Gasteiger partial charge in [-0.3, -0.25) is 4.57 Å². The number of rotatable bonds is 3. The molecule has 1 aromatic carbocycles. The highest BCUT2D eigenvalue weighted by atomic mass is 31.2. The molecule has 0 radical (unpaired) electrons. The van der Waals surface area contributed by atoms with Gasteiger partial charge in [-0.2, -0.15) is 0 Å². The Bertz CT molecular complexity index is 411. The smallest absolute Gasteiger partial charge is 0.321 e. The van der Waals surface area contributed by atoms with E-state index in [2.05, 4.69) is 4.85 Å². The Hall–Kier alpha value is -1.14.